The summed E-state index contributed by atoms with van der Waals surface area (Å²) in [6, 6.07) is 12.7. The number of benzene rings is 2. The van der Waals surface area contributed by atoms with Crippen molar-refractivity contribution in [2.24, 2.45) is 5.92 Å². The van der Waals surface area contributed by atoms with Crippen molar-refractivity contribution < 1.29 is 14.3 Å². The summed E-state index contributed by atoms with van der Waals surface area (Å²) in [7, 11) is 3.13. The molecule has 140 valence electrons. The van der Waals surface area contributed by atoms with E-state index in [1.807, 2.05) is 24.3 Å². The number of rotatable bonds is 8. The molecule has 0 bridgehead atoms. The van der Waals surface area contributed by atoms with Gasteiger partial charge in [0.15, 0.2) is 0 Å². The lowest BCUT2D eigenvalue weighted by atomic mass is 10.2. The number of nitrogens with one attached hydrogen (secondary N) is 2. The van der Waals surface area contributed by atoms with Crippen LogP contribution >= 0.6 is 23.4 Å². The SMILES string of the molecule is COc1ccc(NC(=O)NCC(C)CSc2ccc(Cl)cc2)c(OC)c1. The molecular formula is C19H23ClN2O3S. The fraction of sp³-hybridized carbons (Fsp3) is 0.316. The molecule has 0 saturated carbocycles. The monoisotopic (exact) mass is 394 g/mol. The Bertz CT molecular complexity index is 725. The van der Waals surface area contributed by atoms with E-state index >= 15 is 0 Å². The lowest BCUT2D eigenvalue weighted by Gasteiger charge is -2.15. The predicted molar refractivity (Wildman–Crippen MR) is 108 cm³/mol. The third kappa shape index (κ3) is 6.35. The molecule has 5 nitrogen and oxygen atoms in total. The molecule has 7 heteroatoms. The van der Waals surface area contributed by atoms with Crippen molar-refractivity contribution in [1.29, 1.82) is 0 Å². The molecule has 0 radical (unpaired) electrons. The number of carbonyl (C=O) groups excluding carboxylic acids is 1. The standard InChI is InChI=1S/C19H23ClN2O3S/c1-13(12-26-16-7-4-14(20)5-8-16)11-21-19(23)22-17-9-6-15(24-2)10-18(17)25-3/h4-10,13H,11-12H2,1-3H3,(H2,21,22,23). The van der Waals surface area contributed by atoms with E-state index in [9.17, 15) is 4.79 Å². The van der Waals surface area contributed by atoms with E-state index < -0.39 is 0 Å². The summed E-state index contributed by atoms with van der Waals surface area (Å²) in [5.74, 6) is 2.43. The molecule has 0 fully saturated rings. The van der Waals surface area contributed by atoms with Crippen molar-refractivity contribution in [3.63, 3.8) is 0 Å². The summed E-state index contributed by atoms with van der Waals surface area (Å²) < 4.78 is 10.4. The summed E-state index contributed by atoms with van der Waals surface area (Å²) in [6.07, 6.45) is 0. The van der Waals surface area contributed by atoms with Gasteiger partial charge in [0.2, 0.25) is 0 Å². The third-order valence-corrected chi connectivity index (χ3v) is 5.21. The second kappa shape index (κ2) is 10.2. The van der Waals surface area contributed by atoms with Gasteiger partial charge in [0, 0.05) is 28.3 Å². The van der Waals surface area contributed by atoms with Crippen molar-refractivity contribution >= 4 is 35.1 Å². The van der Waals surface area contributed by atoms with Crippen LogP contribution in [0.15, 0.2) is 47.4 Å². The molecule has 1 unspecified atom stereocenters. The molecule has 2 rings (SSSR count). The number of ether oxygens (including phenoxy) is 2. The second-order valence-corrected chi connectivity index (χ2v) is 7.30. The lowest BCUT2D eigenvalue weighted by Crippen LogP contribution is -2.33. The molecule has 2 amide bonds. The number of methoxy groups -OCH3 is 2. The van der Waals surface area contributed by atoms with Gasteiger partial charge in [-0.05, 0) is 42.3 Å². The van der Waals surface area contributed by atoms with Gasteiger partial charge in [0.25, 0.3) is 0 Å². The van der Waals surface area contributed by atoms with Gasteiger partial charge < -0.3 is 20.1 Å². The van der Waals surface area contributed by atoms with Crippen molar-refractivity contribution in [2.75, 3.05) is 31.8 Å². The first kappa shape index (κ1) is 20.3. The van der Waals surface area contributed by atoms with E-state index in [0.29, 0.717) is 29.6 Å². The minimum atomic E-state index is -0.267. The summed E-state index contributed by atoms with van der Waals surface area (Å²) in [4.78, 5) is 13.3. The van der Waals surface area contributed by atoms with E-state index in [2.05, 4.69) is 17.6 Å². The van der Waals surface area contributed by atoms with Crippen LogP contribution in [-0.4, -0.2) is 32.5 Å². The zero-order valence-electron chi connectivity index (χ0n) is 15.0. The number of hydrogen-bond donors (Lipinski definition) is 2. The van der Waals surface area contributed by atoms with Gasteiger partial charge in [-0.15, -0.1) is 11.8 Å². The molecule has 0 spiro atoms. The maximum Gasteiger partial charge on any atom is 0.319 e. The van der Waals surface area contributed by atoms with E-state index in [0.717, 1.165) is 15.7 Å². The smallest absolute Gasteiger partial charge is 0.319 e. The highest BCUT2D eigenvalue weighted by Gasteiger charge is 2.10. The Morgan fingerprint density at radius 2 is 1.88 bits per heavy atom. The third-order valence-electron chi connectivity index (χ3n) is 3.62. The van der Waals surface area contributed by atoms with E-state index in [1.54, 1.807) is 44.2 Å². The highest BCUT2D eigenvalue weighted by Crippen LogP contribution is 2.29. The second-order valence-electron chi connectivity index (χ2n) is 5.77. The molecule has 0 aromatic heterocycles. The highest BCUT2D eigenvalue weighted by atomic mass is 35.5. The zero-order chi connectivity index (χ0) is 18.9. The summed E-state index contributed by atoms with van der Waals surface area (Å²) in [5, 5.41) is 6.41. The normalized spacial score (nSPS) is 11.5. The predicted octanol–water partition coefficient (Wildman–Crippen LogP) is 4.91. The molecule has 0 aliphatic heterocycles. The van der Waals surface area contributed by atoms with Crippen LogP contribution in [-0.2, 0) is 0 Å². The van der Waals surface area contributed by atoms with E-state index in [1.165, 1.54) is 0 Å². The van der Waals surface area contributed by atoms with Crippen LogP contribution in [0, 0.1) is 5.92 Å². The molecule has 1 atom stereocenters. The number of amides is 2. The Balaban J connectivity index is 1.78. The molecular weight excluding hydrogens is 372 g/mol. The van der Waals surface area contributed by atoms with Crippen molar-refractivity contribution in [1.82, 2.24) is 5.32 Å². The van der Waals surface area contributed by atoms with Crippen LogP contribution in [0.5, 0.6) is 11.5 Å². The number of hydrogen-bond acceptors (Lipinski definition) is 4. The Morgan fingerprint density at radius 1 is 1.15 bits per heavy atom. The maximum absolute atomic E-state index is 12.1. The van der Waals surface area contributed by atoms with Gasteiger partial charge in [-0.3, -0.25) is 0 Å². The zero-order valence-corrected chi connectivity index (χ0v) is 16.6. The van der Waals surface area contributed by atoms with Crippen LogP contribution in [0.1, 0.15) is 6.92 Å². The van der Waals surface area contributed by atoms with Gasteiger partial charge in [-0.2, -0.15) is 0 Å². The Kier molecular flexibility index (Phi) is 7.94. The largest absolute Gasteiger partial charge is 0.497 e. The summed E-state index contributed by atoms with van der Waals surface area (Å²) >= 11 is 7.62. The quantitative estimate of drug-likeness (QED) is 0.624. The van der Waals surface area contributed by atoms with Crippen LogP contribution in [0.2, 0.25) is 5.02 Å². The van der Waals surface area contributed by atoms with Crippen molar-refractivity contribution in [2.45, 2.75) is 11.8 Å². The number of carbonyl (C=O) groups is 1. The minimum Gasteiger partial charge on any atom is -0.497 e. The lowest BCUT2D eigenvalue weighted by molar-refractivity contribution is 0.251. The first-order chi connectivity index (χ1) is 12.5. The average Bonchev–Trinajstić information content (AvgIpc) is 2.66. The van der Waals surface area contributed by atoms with Crippen LogP contribution < -0.4 is 20.1 Å². The number of thioether (sulfide) groups is 1. The van der Waals surface area contributed by atoms with E-state index in [4.69, 9.17) is 21.1 Å². The number of anilines is 1. The highest BCUT2D eigenvalue weighted by molar-refractivity contribution is 7.99. The average molecular weight is 395 g/mol. The van der Waals surface area contributed by atoms with Gasteiger partial charge in [0.1, 0.15) is 11.5 Å². The molecule has 0 aliphatic carbocycles. The minimum absolute atomic E-state index is 0.267. The fourth-order valence-electron chi connectivity index (χ4n) is 2.16. The molecule has 0 heterocycles. The molecule has 2 aromatic carbocycles. The summed E-state index contributed by atoms with van der Waals surface area (Å²) in [5.41, 5.74) is 0.592. The fourth-order valence-corrected chi connectivity index (χ4v) is 3.21. The van der Waals surface area contributed by atoms with Crippen LogP contribution in [0.4, 0.5) is 10.5 Å². The Labute approximate surface area is 163 Å². The molecule has 26 heavy (non-hydrogen) atoms. The number of urea groups is 1. The molecule has 2 aromatic rings. The van der Waals surface area contributed by atoms with Crippen molar-refractivity contribution in [3.8, 4) is 11.5 Å². The topological polar surface area (TPSA) is 59.6 Å². The van der Waals surface area contributed by atoms with Gasteiger partial charge >= 0.3 is 6.03 Å². The van der Waals surface area contributed by atoms with Crippen molar-refractivity contribution in [3.05, 3.63) is 47.5 Å². The molecule has 2 N–H and O–H groups in total. The Morgan fingerprint density at radius 3 is 2.54 bits per heavy atom. The number of halogens is 1. The maximum atomic E-state index is 12.1. The molecule has 0 aliphatic rings. The summed E-state index contributed by atoms with van der Waals surface area (Å²) in [6.45, 7) is 2.67. The van der Waals surface area contributed by atoms with Crippen LogP contribution in [0.3, 0.4) is 0 Å². The van der Waals surface area contributed by atoms with Crippen LogP contribution in [0.25, 0.3) is 0 Å². The van der Waals surface area contributed by atoms with Gasteiger partial charge in [-0.1, -0.05) is 18.5 Å². The first-order valence-corrected chi connectivity index (χ1v) is 9.53. The molecule has 0 saturated heterocycles. The first-order valence-electron chi connectivity index (χ1n) is 8.17. The van der Waals surface area contributed by atoms with Gasteiger partial charge in [-0.25, -0.2) is 4.79 Å². The Hall–Kier alpha value is -2.05. The van der Waals surface area contributed by atoms with Gasteiger partial charge in [0.05, 0.1) is 19.9 Å². The van der Waals surface area contributed by atoms with E-state index in [-0.39, 0.29) is 6.03 Å².